The van der Waals surface area contributed by atoms with Crippen LogP contribution in [-0.2, 0) is 0 Å². The van der Waals surface area contributed by atoms with Crippen molar-refractivity contribution < 1.29 is 18.6 Å². The van der Waals surface area contributed by atoms with Gasteiger partial charge in [0.2, 0.25) is 5.75 Å². The highest BCUT2D eigenvalue weighted by molar-refractivity contribution is 6.31. The quantitative estimate of drug-likeness (QED) is 0.382. The predicted molar refractivity (Wildman–Crippen MR) is 127 cm³/mol. The standard InChI is InChI=1S/C25H20ClFN2O4/c1-31-21-11-15(12-22(32-2)24(21)33-3)7-10-23-28-20-13-16(26)8-9-19(20)25(30)29(23)18-6-4-5-17(27)14-18/h4-14H,1-3H3/b10-7+. The lowest BCUT2D eigenvalue weighted by atomic mass is 10.1. The molecule has 0 bridgehead atoms. The van der Waals surface area contributed by atoms with E-state index in [0.717, 1.165) is 5.56 Å². The molecule has 0 spiro atoms. The summed E-state index contributed by atoms with van der Waals surface area (Å²) in [4.78, 5) is 18.0. The average Bonchev–Trinajstić information content (AvgIpc) is 2.81. The molecule has 1 aromatic heterocycles. The van der Waals surface area contributed by atoms with Crippen molar-refractivity contribution in [2.24, 2.45) is 0 Å². The third-order valence-corrected chi connectivity index (χ3v) is 5.27. The zero-order valence-corrected chi connectivity index (χ0v) is 18.9. The maximum atomic E-state index is 14.0. The number of hydrogen-bond donors (Lipinski definition) is 0. The second kappa shape index (κ2) is 9.34. The molecule has 0 N–H and O–H groups in total. The molecule has 168 valence electrons. The summed E-state index contributed by atoms with van der Waals surface area (Å²) >= 11 is 6.11. The van der Waals surface area contributed by atoms with Gasteiger partial charge in [-0.15, -0.1) is 0 Å². The molecule has 0 aliphatic rings. The van der Waals surface area contributed by atoms with E-state index in [4.69, 9.17) is 25.8 Å². The lowest BCUT2D eigenvalue weighted by Gasteiger charge is -2.13. The summed E-state index contributed by atoms with van der Waals surface area (Å²) in [5.74, 6) is 1.27. The van der Waals surface area contributed by atoms with Gasteiger partial charge in [-0.2, -0.15) is 0 Å². The number of nitrogens with zero attached hydrogens (tertiary/aromatic N) is 2. The van der Waals surface area contributed by atoms with Gasteiger partial charge in [-0.05, 0) is 60.2 Å². The Bertz CT molecular complexity index is 1410. The van der Waals surface area contributed by atoms with Crippen LogP contribution in [0.1, 0.15) is 11.4 Å². The maximum Gasteiger partial charge on any atom is 0.266 e. The normalized spacial score (nSPS) is 11.2. The molecule has 0 aliphatic carbocycles. The van der Waals surface area contributed by atoms with Crippen LogP contribution in [0.15, 0.2) is 59.4 Å². The molecule has 4 aromatic rings. The third-order valence-electron chi connectivity index (χ3n) is 5.04. The lowest BCUT2D eigenvalue weighted by molar-refractivity contribution is 0.324. The van der Waals surface area contributed by atoms with Crippen LogP contribution < -0.4 is 19.8 Å². The van der Waals surface area contributed by atoms with Crippen molar-refractivity contribution in [3.63, 3.8) is 0 Å². The molecular formula is C25H20ClFN2O4. The molecule has 0 saturated carbocycles. The smallest absolute Gasteiger partial charge is 0.266 e. The Morgan fingerprint density at radius 2 is 1.67 bits per heavy atom. The second-order valence-electron chi connectivity index (χ2n) is 7.04. The lowest BCUT2D eigenvalue weighted by Crippen LogP contribution is -2.22. The number of fused-ring (bicyclic) bond motifs is 1. The van der Waals surface area contributed by atoms with Crippen molar-refractivity contribution >= 4 is 34.7 Å². The van der Waals surface area contributed by atoms with Crippen molar-refractivity contribution in [1.82, 2.24) is 9.55 Å². The highest BCUT2D eigenvalue weighted by atomic mass is 35.5. The molecule has 6 nitrogen and oxygen atoms in total. The Morgan fingerprint density at radius 3 is 2.30 bits per heavy atom. The molecule has 0 aliphatic heterocycles. The van der Waals surface area contributed by atoms with Crippen molar-refractivity contribution in [3.8, 4) is 22.9 Å². The Morgan fingerprint density at radius 1 is 0.939 bits per heavy atom. The van der Waals surface area contributed by atoms with Gasteiger partial charge >= 0.3 is 0 Å². The zero-order valence-electron chi connectivity index (χ0n) is 18.1. The minimum atomic E-state index is -0.463. The predicted octanol–water partition coefficient (Wildman–Crippen LogP) is 5.37. The first-order valence-electron chi connectivity index (χ1n) is 9.91. The van der Waals surface area contributed by atoms with E-state index in [1.807, 2.05) is 0 Å². The van der Waals surface area contributed by atoms with E-state index in [0.29, 0.717) is 44.7 Å². The largest absolute Gasteiger partial charge is 0.493 e. The van der Waals surface area contributed by atoms with Crippen molar-refractivity contribution in [3.05, 3.63) is 87.2 Å². The molecule has 3 aromatic carbocycles. The molecule has 8 heteroatoms. The molecule has 0 unspecified atom stereocenters. The Hall–Kier alpha value is -3.84. The topological polar surface area (TPSA) is 62.6 Å². The minimum Gasteiger partial charge on any atom is -0.493 e. The molecular weight excluding hydrogens is 447 g/mol. The van der Waals surface area contributed by atoms with Gasteiger partial charge in [0.1, 0.15) is 11.6 Å². The summed E-state index contributed by atoms with van der Waals surface area (Å²) in [5.41, 5.74) is 1.17. The fourth-order valence-corrected chi connectivity index (χ4v) is 3.69. The number of benzene rings is 3. The first-order chi connectivity index (χ1) is 15.9. The second-order valence-corrected chi connectivity index (χ2v) is 7.48. The number of aromatic nitrogens is 2. The minimum absolute atomic E-state index is 0.300. The highest BCUT2D eigenvalue weighted by Crippen LogP contribution is 2.38. The Labute approximate surface area is 194 Å². The van der Waals surface area contributed by atoms with E-state index in [2.05, 4.69) is 4.98 Å². The van der Waals surface area contributed by atoms with Gasteiger partial charge in [0.05, 0.1) is 37.9 Å². The van der Waals surface area contributed by atoms with E-state index in [-0.39, 0.29) is 5.56 Å². The SMILES string of the molecule is COc1cc(/C=C/c2nc3cc(Cl)ccc3c(=O)n2-c2cccc(F)c2)cc(OC)c1OC. The summed E-state index contributed by atoms with van der Waals surface area (Å²) in [6.45, 7) is 0. The fraction of sp³-hybridized carbons (Fsp3) is 0.120. The van der Waals surface area contributed by atoms with E-state index >= 15 is 0 Å². The van der Waals surface area contributed by atoms with E-state index < -0.39 is 5.82 Å². The van der Waals surface area contributed by atoms with Crippen LogP contribution in [0.25, 0.3) is 28.7 Å². The number of halogens is 2. The summed E-state index contributed by atoms with van der Waals surface area (Å²) in [6, 6.07) is 14.1. The number of ether oxygens (including phenoxy) is 3. The van der Waals surface area contributed by atoms with Crippen LogP contribution in [0.5, 0.6) is 17.2 Å². The van der Waals surface area contributed by atoms with Crippen LogP contribution in [0.3, 0.4) is 0 Å². The highest BCUT2D eigenvalue weighted by Gasteiger charge is 2.14. The summed E-state index contributed by atoms with van der Waals surface area (Å²) in [5, 5.41) is 0.825. The van der Waals surface area contributed by atoms with E-state index in [9.17, 15) is 9.18 Å². The zero-order chi connectivity index (χ0) is 23.5. The van der Waals surface area contributed by atoms with Gasteiger partial charge < -0.3 is 14.2 Å². The maximum absolute atomic E-state index is 14.0. The van der Waals surface area contributed by atoms with Crippen molar-refractivity contribution in [1.29, 1.82) is 0 Å². The number of methoxy groups -OCH3 is 3. The molecule has 4 rings (SSSR count). The van der Waals surface area contributed by atoms with Gasteiger partial charge in [-0.3, -0.25) is 9.36 Å². The van der Waals surface area contributed by atoms with Gasteiger partial charge in [0.25, 0.3) is 5.56 Å². The van der Waals surface area contributed by atoms with Crippen LogP contribution >= 0.6 is 11.6 Å². The van der Waals surface area contributed by atoms with Crippen LogP contribution in [-0.4, -0.2) is 30.9 Å². The van der Waals surface area contributed by atoms with Gasteiger partial charge in [-0.25, -0.2) is 9.37 Å². The van der Waals surface area contributed by atoms with Crippen LogP contribution in [0.4, 0.5) is 4.39 Å². The Kier molecular flexibility index (Phi) is 6.33. The van der Waals surface area contributed by atoms with Crippen LogP contribution in [0, 0.1) is 5.82 Å². The molecule has 0 atom stereocenters. The third kappa shape index (κ3) is 4.40. The summed E-state index contributed by atoms with van der Waals surface area (Å²) in [6.07, 6.45) is 3.41. The Balaban J connectivity index is 1.92. The molecule has 0 radical (unpaired) electrons. The molecule has 0 amide bonds. The van der Waals surface area contributed by atoms with Gasteiger partial charge in [0, 0.05) is 5.02 Å². The van der Waals surface area contributed by atoms with Gasteiger partial charge in [0.15, 0.2) is 11.5 Å². The first-order valence-corrected chi connectivity index (χ1v) is 10.3. The molecule has 33 heavy (non-hydrogen) atoms. The van der Waals surface area contributed by atoms with Crippen molar-refractivity contribution in [2.75, 3.05) is 21.3 Å². The molecule has 0 fully saturated rings. The van der Waals surface area contributed by atoms with Gasteiger partial charge in [-0.1, -0.05) is 23.7 Å². The number of hydrogen-bond acceptors (Lipinski definition) is 5. The van der Waals surface area contributed by atoms with E-state index in [1.165, 1.54) is 44.1 Å². The average molecular weight is 467 g/mol. The number of rotatable bonds is 6. The molecule has 1 heterocycles. The summed E-state index contributed by atoms with van der Waals surface area (Å²) in [7, 11) is 4.58. The molecule has 0 saturated heterocycles. The first kappa shape index (κ1) is 22.4. The monoisotopic (exact) mass is 466 g/mol. The van der Waals surface area contributed by atoms with Crippen molar-refractivity contribution in [2.45, 2.75) is 0 Å². The van der Waals surface area contributed by atoms with E-state index in [1.54, 1.807) is 48.6 Å². The summed E-state index contributed by atoms with van der Waals surface area (Å²) < 4.78 is 31.5. The van der Waals surface area contributed by atoms with Crippen LogP contribution in [0.2, 0.25) is 5.02 Å². The fourth-order valence-electron chi connectivity index (χ4n) is 3.52.